The maximum Gasteiger partial charge on any atom is 0.356 e. The van der Waals surface area contributed by atoms with Crippen LogP contribution in [0.5, 0.6) is 0 Å². The van der Waals surface area contributed by atoms with E-state index in [1.165, 1.54) is 40.9 Å². The Bertz CT molecular complexity index is 1170. The maximum atomic E-state index is 12.8. The number of hydrogen-bond acceptors (Lipinski definition) is 8. The number of hydrogen-bond donors (Lipinski definition) is 2. The molecule has 0 radical (unpaired) electrons. The molecule has 34 heavy (non-hydrogen) atoms. The number of amides is 2. The van der Waals surface area contributed by atoms with Crippen molar-refractivity contribution < 1.29 is 24.0 Å². The summed E-state index contributed by atoms with van der Waals surface area (Å²) in [6, 6.07) is 12.5. The number of non-ortho nitro benzene ring substituents is 1. The highest BCUT2D eigenvalue weighted by Gasteiger charge is 2.54. The maximum absolute atomic E-state index is 12.8. The van der Waals surface area contributed by atoms with Crippen LogP contribution in [0.3, 0.4) is 0 Å². The number of rotatable bonds is 7. The molecule has 2 heterocycles. The highest BCUT2D eigenvalue weighted by Crippen LogP contribution is 2.41. The first-order valence-electron chi connectivity index (χ1n) is 10.1. The van der Waals surface area contributed by atoms with Gasteiger partial charge in [-0.05, 0) is 23.3 Å². The number of thioether (sulfide) groups is 1. The molecule has 1 saturated heterocycles. The Hall–Kier alpha value is -3.41. The summed E-state index contributed by atoms with van der Waals surface area (Å²) in [5.41, 5.74) is 7.00. The lowest BCUT2D eigenvalue weighted by atomic mass is 10.0. The van der Waals surface area contributed by atoms with Gasteiger partial charge in [-0.1, -0.05) is 41.9 Å². The number of nitrogens with two attached hydrogens (primary N) is 1. The Morgan fingerprint density at radius 2 is 1.91 bits per heavy atom. The average Bonchev–Trinajstić information content (AvgIpc) is 2.85. The van der Waals surface area contributed by atoms with E-state index in [2.05, 4.69) is 5.32 Å². The van der Waals surface area contributed by atoms with Gasteiger partial charge in [-0.25, -0.2) is 4.79 Å². The largest absolute Gasteiger partial charge is 0.456 e. The Labute approximate surface area is 203 Å². The third-order valence-electron chi connectivity index (χ3n) is 5.37. The first-order valence-corrected chi connectivity index (χ1v) is 11.5. The van der Waals surface area contributed by atoms with Gasteiger partial charge in [0, 0.05) is 17.9 Å². The third-order valence-corrected chi connectivity index (χ3v) is 7.12. The molecular formula is C22H19ClN4O6S. The van der Waals surface area contributed by atoms with Crippen LogP contribution in [0, 0.1) is 10.1 Å². The minimum absolute atomic E-state index is 0.0739. The molecule has 2 aromatic carbocycles. The second kappa shape index (κ2) is 9.84. The number of benzene rings is 2. The fraction of sp³-hybridized carbons (Fsp3) is 0.227. The molecule has 10 nitrogen and oxygen atoms in total. The van der Waals surface area contributed by atoms with Crippen molar-refractivity contribution >= 4 is 46.8 Å². The van der Waals surface area contributed by atoms with Crippen LogP contribution in [0.4, 0.5) is 5.69 Å². The molecule has 0 bridgehead atoms. The van der Waals surface area contributed by atoms with Gasteiger partial charge in [-0.2, -0.15) is 0 Å². The monoisotopic (exact) mass is 502 g/mol. The lowest BCUT2D eigenvalue weighted by molar-refractivity contribution is -0.384. The van der Waals surface area contributed by atoms with E-state index < -0.39 is 40.2 Å². The van der Waals surface area contributed by atoms with E-state index >= 15 is 0 Å². The number of nitro benzene ring substituents is 1. The van der Waals surface area contributed by atoms with Gasteiger partial charge in [0.05, 0.1) is 9.96 Å². The normalized spacial score (nSPS) is 20.2. The van der Waals surface area contributed by atoms with Crippen molar-refractivity contribution in [3.63, 3.8) is 0 Å². The zero-order valence-corrected chi connectivity index (χ0v) is 19.1. The number of nitrogens with one attached hydrogen (secondary N) is 1. The van der Waals surface area contributed by atoms with Crippen LogP contribution in [-0.4, -0.2) is 44.8 Å². The lowest BCUT2D eigenvalue weighted by Gasteiger charge is -2.49. The SMILES string of the molecule is NC(C(=O)NC1C(=O)N2C(C(=O)OCc3ccc([N+](=O)[O-])cc3)=C(Cl)CS[C@H]12)c1ccccc1. The Balaban J connectivity index is 1.39. The van der Waals surface area contributed by atoms with Crippen molar-refractivity contribution in [1.29, 1.82) is 0 Å². The van der Waals surface area contributed by atoms with Crippen molar-refractivity contribution in [1.82, 2.24) is 10.2 Å². The number of β-lactam (4-membered cyclic amide) rings is 1. The lowest BCUT2D eigenvalue weighted by Crippen LogP contribution is -2.71. The zero-order chi connectivity index (χ0) is 24.4. The summed E-state index contributed by atoms with van der Waals surface area (Å²) in [6.07, 6.45) is 0. The van der Waals surface area contributed by atoms with Crippen molar-refractivity contribution in [2.24, 2.45) is 5.73 Å². The summed E-state index contributed by atoms with van der Waals surface area (Å²) in [5.74, 6) is -1.54. The molecule has 0 aliphatic carbocycles. The van der Waals surface area contributed by atoms with Crippen molar-refractivity contribution in [3.8, 4) is 0 Å². The topological polar surface area (TPSA) is 145 Å². The van der Waals surface area contributed by atoms with Gasteiger partial charge in [0.1, 0.15) is 29.8 Å². The number of fused-ring (bicyclic) bond motifs is 1. The second-order valence-electron chi connectivity index (χ2n) is 7.54. The summed E-state index contributed by atoms with van der Waals surface area (Å²) in [4.78, 5) is 49.6. The zero-order valence-electron chi connectivity index (χ0n) is 17.5. The van der Waals surface area contributed by atoms with Gasteiger partial charge < -0.3 is 15.8 Å². The Kier molecular flexibility index (Phi) is 6.87. The summed E-state index contributed by atoms with van der Waals surface area (Å²) >= 11 is 7.55. The van der Waals surface area contributed by atoms with Crippen LogP contribution in [0.1, 0.15) is 17.2 Å². The molecule has 176 valence electrons. The van der Waals surface area contributed by atoms with Crippen LogP contribution < -0.4 is 11.1 Å². The van der Waals surface area contributed by atoms with Gasteiger partial charge in [-0.15, -0.1) is 11.8 Å². The summed E-state index contributed by atoms with van der Waals surface area (Å²) in [6.45, 7) is -0.156. The molecular weight excluding hydrogens is 484 g/mol. The second-order valence-corrected chi connectivity index (χ2v) is 9.10. The first-order chi connectivity index (χ1) is 16.3. The third kappa shape index (κ3) is 4.63. The minimum atomic E-state index is -0.943. The molecule has 0 saturated carbocycles. The van der Waals surface area contributed by atoms with Gasteiger partial charge in [-0.3, -0.25) is 24.6 Å². The van der Waals surface area contributed by atoms with Gasteiger partial charge in [0.2, 0.25) is 5.91 Å². The van der Waals surface area contributed by atoms with Gasteiger partial charge in [0.25, 0.3) is 11.6 Å². The van der Waals surface area contributed by atoms with E-state index in [0.29, 0.717) is 11.1 Å². The molecule has 12 heteroatoms. The number of halogens is 1. The molecule has 0 aromatic heterocycles. The molecule has 2 unspecified atom stereocenters. The first kappa shape index (κ1) is 23.7. The number of nitro groups is 1. The molecule has 0 spiro atoms. The van der Waals surface area contributed by atoms with E-state index in [9.17, 15) is 24.5 Å². The van der Waals surface area contributed by atoms with Crippen LogP contribution in [-0.2, 0) is 25.7 Å². The number of esters is 1. The summed E-state index contributed by atoms with van der Waals surface area (Å²) in [5, 5.41) is 13.1. The van der Waals surface area contributed by atoms with E-state index in [1.807, 2.05) is 0 Å². The minimum Gasteiger partial charge on any atom is -0.456 e. The van der Waals surface area contributed by atoms with Gasteiger partial charge >= 0.3 is 5.97 Å². The standard InChI is InChI=1S/C22H19ClN4O6S/c23-15-11-34-21-17(25-19(28)16(24)13-4-2-1-3-5-13)20(29)26(21)18(15)22(30)33-10-12-6-8-14(9-7-12)27(31)32/h1-9,16-17,21H,10-11,24H2,(H,25,28)/t16?,17?,21-/m1/s1. The van der Waals surface area contributed by atoms with E-state index in [1.54, 1.807) is 30.3 Å². The van der Waals surface area contributed by atoms with Crippen molar-refractivity contribution in [2.75, 3.05) is 5.75 Å². The van der Waals surface area contributed by atoms with Gasteiger partial charge in [0.15, 0.2) is 0 Å². The molecule has 2 aliphatic heterocycles. The number of ether oxygens (including phenoxy) is 1. The predicted octanol–water partition coefficient (Wildman–Crippen LogP) is 2.19. The predicted molar refractivity (Wildman–Crippen MR) is 124 cm³/mol. The number of carbonyl (C=O) groups excluding carboxylic acids is 3. The molecule has 1 fully saturated rings. The van der Waals surface area contributed by atoms with Crippen LogP contribution >= 0.6 is 23.4 Å². The fourth-order valence-corrected chi connectivity index (χ4v) is 5.10. The van der Waals surface area contributed by atoms with Crippen molar-refractivity contribution in [3.05, 3.63) is 86.6 Å². The number of carbonyl (C=O) groups is 3. The van der Waals surface area contributed by atoms with Crippen molar-refractivity contribution in [2.45, 2.75) is 24.1 Å². The average molecular weight is 503 g/mol. The van der Waals surface area contributed by atoms with E-state index in [-0.39, 0.29) is 28.8 Å². The fourth-order valence-electron chi connectivity index (χ4n) is 3.56. The molecule has 3 atom stereocenters. The van der Waals surface area contributed by atoms with Crippen LogP contribution in [0.25, 0.3) is 0 Å². The summed E-state index contributed by atoms with van der Waals surface area (Å²) < 4.78 is 5.29. The molecule has 2 amide bonds. The Morgan fingerprint density at radius 3 is 2.56 bits per heavy atom. The Morgan fingerprint density at radius 1 is 1.24 bits per heavy atom. The number of nitrogens with zero attached hydrogens (tertiary/aromatic N) is 2. The smallest absolute Gasteiger partial charge is 0.356 e. The molecule has 3 N–H and O–H groups in total. The van der Waals surface area contributed by atoms with E-state index in [4.69, 9.17) is 22.1 Å². The molecule has 2 aromatic rings. The molecule has 2 aliphatic rings. The van der Waals surface area contributed by atoms with E-state index in [0.717, 1.165) is 0 Å². The summed E-state index contributed by atoms with van der Waals surface area (Å²) in [7, 11) is 0. The quantitative estimate of drug-likeness (QED) is 0.253. The highest BCUT2D eigenvalue weighted by atomic mass is 35.5. The molecule has 4 rings (SSSR count). The van der Waals surface area contributed by atoms with Crippen LogP contribution in [0.15, 0.2) is 65.3 Å². The highest BCUT2D eigenvalue weighted by molar-refractivity contribution is 8.00. The van der Waals surface area contributed by atoms with Crippen LogP contribution in [0.2, 0.25) is 0 Å².